The summed E-state index contributed by atoms with van der Waals surface area (Å²) >= 11 is 0. The van der Waals surface area contributed by atoms with E-state index in [0.29, 0.717) is 13.1 Å². The number of fused-ring (bicyclic) bond motifs is 1. The van der Waals surface area contributed by atoms with Crippen molar-refractivity contribution in [2.45, 2.75) is 39.8 Å². The second kappa shape index (κ2) is 9.32. The summed E-state index contributed by atoms with van der Waals surface area (Å²) in [4.78, 5) is 15.4. The normalized spacial score (nSPS) is 12.8. The van der Waals surface area contributed by atoms with Crippen LogP contribution in [0.1, 0.15) is 40.4 Å². The minimum atomic E-state index is 0.625. The van der Waals surface area contributed by atoms with Gasteiger partial charge in [-0.3, -0.25) is 0 Å². The number of nitrogens with one attached hydrogen (secondary N) is 1. The monoisotopic (exact) mass is 450 g/mol. The molecule has 0 amide bonds. The van der Waals surface area contributed by atoms with Gasteiger partial charge in [-0.25, -0.2) is 19.6 Å². The van der Waals surface area contributed by atoms with Gasteiger partial charge in [-0.2, -0.15) is 10.4 Å². The first kappa shape index (κ1) is 21.6. The Balaban J connectivity index is 1.38. The van der Waals surface area contributed by atoms with E-state index >= 15 is 0 Å². The number of hydrogen-bond donors (Lipinski definition) is 1. The van der Waals surface area contributed by atoms with Gasteiger partial charge in [0.15, 0.2) is 0 Å². The zero-order valence-corrected chi connectivity index (χ0v) is 19.4. The molecule has 0 fully saturated rings. The predicted molar refractivity (Wildman–Crippen MR) is 131 cm³/mol. The molecular weight excluding hydrogens is 424 g/mol. The zero-order valence-electron chi connectivity index (χ0n) is 19.4. The van der Waals surface area contributed by atoms with Crippen LogP contribution in [0, 0.1) is 18.3 Å². The second-order valence-electron chi connectivity index (χ2n) is 8.45. The van der Waals surface area contributed by atoms with Crippen molar-refractivity contribution in [1.82, 2.24) is 24.7 Å². The van der Waals surface area contributed by atoms with Gasteiger partial charge < -0.3 is 10.2 Å². The molecule has 0 aliphatic carbocycles. The molecule has 4 aromatic rings. The van der Waals surface area contributed by atoms with E-state index in [1.54, 1.807) is 17.3 Å². The lowest BCUT2D eigenvalue weighted by atomic mass is 10.0. The van der Waals surface area contributed by atoms with Crippen molar-refractivity contribution in [2.75, 3.05) is 16.8 Å². The van der Waals surface area contributed by atoms with Crippen molar-refractivity contribution in [2.24, 2.45) is 0 Å². The highest BCUT2D eigenvalue weighted by molar-refractivity contribution is 5.63. The first-order valence-corrected chi connectivity index (χ1v) is 11.5. The van der Waals surface area contributed by atoms with Gasteiger partial charge in [-0.15, -0.1) is 0 Å². The number of nitriles is 1. The van der Waals surface area contributed by atoms with Gasteiger partial charge in [-0.1, -0.05) is 25.1 Å². The lowest BCUT2D eigenvalue weighted by Gasteiger charge is -2.31. The van der Waals surface area contributed by atoms with E-state index in [4.69, 9.17) is 0 Å². The zero-order chi connectivity index (χ0) is 23.5. The molecule has 1 aliphatic heterocycles. The molecule has 0 saturated carbocycles. The summed E-state index contributed by atoms with van der Waals surface area (Å²) in [7, 11) is 0. The molecule has 3 heterocycles. The first-order valence-electron chi connectivity index (χ1n) is 11.5. The van der Waals surface area contributed by atoms with Gasteiger partial charge in [0.2, 0.25) is 0 Å². The Labute approximate surface area is 198 Å². The molecule has 0 saturated heterocycles. The van der Waals surface area contributed by atoms with Crippen LogP contribution in [0.4, 0.5) is 11.5 Å². The number of hydrogen-bond acceptors (Lipinski definition) is 7. The summed E-state index contributed by atoms with van der Waals surface area (Å²) in [5, 5.41) is 17.5. The van der Waals surface area contributed by atoms with Crippen LogP contribution in [-0.4, -0.2) is 31.3 Å². The predicted octanol–water partition coefficient (Wildman–Crippen LogP) is 3.97. The molecule has 8 heteroatoms. The molecule has 2 aromatic carbocycles. The SMILES string of the molecule is CCc1ccc(N2CCc3ncnc(NCc4ccc(C)c(-n5cncn5)c4)c3C2)c(C#N)c1. The van der Waals surface area contributed by atoms with Crippen LogP contribution >= 0.6 is 0 Å². The lowest BCUT2D eigenvalue weighted by molar-refractivity contribution is 0.705. The van der Waals surface area contributed by atoms with Crippen molar-refractivity contribution in [3.8, 4) is 11.8 Å². The van der Waals surface area contributed by atoms with Gasteiger partial charge in [0, 0.05) is 31.6 Å². The minimum Gasteiger partial charge on any atom is -0.366 e. The van der Waals surface area contributed by atoms with E-state index in [1.807, 2.05) is 6.07 Å². The fourth-order valence-corrected chi connectivity index (χ4v) is 4.40. The van der Waals surface area contributed by atoms with Crippen LogP contribution in [0.15, 0.2) is 55.4 Å². The van der Waals surface area contributed by atoms with Crippen LogP contribution in [-0.2, 0) is 25.9 Å². The maximum Gasteiger partial charge on any atom is 0.138 e. The molecule has 0 radical (unpaired) electrons. The van der Waals surface area contributed by atoms with Gasteiger partial charge in [0.25, 0.3) is 0 Å². The third kappa shape index (κ3) is 4.20. The summed E-state index contributed by atoms with van der Waals surface area (Å²) in [6, 6.07) is 14.9. The molecule has 0 unspecified atom stereocenters. The summed E-state index contributed by atoms with van der Waals surface area (Å²) in [6.45, 7) is 6.28. The largest absolute Gasteiger partial charge is 0.366 e. The lowest BCUT2D eigenvalue weighted by Crippen LogP contribution is -2.32. The van der Waals surface area contributed by atoms with Crippen LogP contribution in [0.5, 0.6) is 0 Å². The molecule has 0 atom stereocenters. The molecule has 0 bridgehead atoms. The molecule has 0 spiro atoms. The Hall–Kier alpha value is -4.25. The first-order chi connectivity index (χ1) is 16.7. The maximum atomic E-state index is 9.72. The number of nitrogens with zero attached hydrogens (tertiary/aromatic N) is 7. The summed E-state index contributed by atoms with van der Waals surface area (Å²) in [5.74, 6) is 0.835. The highest BCUT2D eigenvalue weighted by atomic mass is 15.3. The highest BCUT2D eigenvalue weighted by Crippen LogP contribution is 2.30. The van der Waals surface area contributed by atoms with Crippen LogP contribution in [0.3, 0.4) is 0 Å². The summed E-state index contributed by atoms with van der Waals surface area (Å²) < 4.78 is 1.78. The van der Waals surface area contributed by atoms with Crippen LogP contribution in [0.2, 0.25) is 0 Å². The highest BCUT2D eigenvalue weighted by Gasteiger charge is 2.23. The second-order valence-corrected chi connectivity index (χ2v) is 8.45. The molecule has 2 aromatic heterocycles. The molecule has 5 rings (SSSR count). The third-order valence-corrected chi connectivity index (χ3v) is 6.33. The van der Waals surface area contributed by atoms with Gasteiger partial charge >= 0.3 is 0 Å². The van der Waals surface area contributed by atoms with Gasteiger partial charge in [-0.05, 0) is 48.2 Å². The third-order valence-electron chi connectivity index (χ3n) is 6.33. The van der Waals surface area contributed by atoms with Gasteiger partial charge in [0.1, 0.15) is 30.9 Å². The number of benzene rings is 2. The van der Waals surface area contributed by atoms with E-state index in [9.17, 15) is 5.26 Å². The van der Waals surface area contributed by atoms with Crippen LogP contribution < -0.4 is 10.2 Å². The van der Waals surface area contributed by atoms with Crippen molar-refractivity contribution in [3.05, 3.63) is 88.9 Å². The molecular formula is C26H26N8. The fraction of sp³-hybridized carbons (Fsp3) is 0.269. The smallest absolute Gasteiger partial charge is 0.138 e. The molecule has 170 valence electrons. The van der Waals surface area contributed by atoms with E-state index in [1.165, 1.54) is 11.9 Å². The standard InChI is InChI=1S/C26H26N8/c1-3-19-6-7-24(21(10-19)12-27)33-9-8-23-22(14-33)26(31-16-30-23)29-13-20-5-4-18(2)25(11-20)34-17-28-15-32-34/h4-7,10-11,15-17H,3,8-9,13-14H2,1-2H3,(H,29,30,31). The average Bonchev–Trinajstić information content (AvgIpc) is 3.42. The van der Waals surface area contributed by atoms with E-state index in [0.717, 1.165) is 64.5 Å². The summed E-state index contributed by atoms with van der Waals surface area (Å²) in [6.07, 6.45) is 6.60. The van der Waals surface area contributed by atoms with Crippen molar-refractivity contribution in [1.29, 1.82) is 5.26 Å². The minimum absolute atomic E-state index is 0.625. The average molecular weight is 451 g/mol. The van der Waals surface area contributed by atoms with E-state index < -0.39 is 0 Å². The molecule has 34 heavy (non-hydrogen) atoms. The van der Waals surface area contributed by atoms with Crippen molar-refractivity contribution >= 4 is 11.5 Å². The topological polar surface area (TPSA) is 95.6 Å². The number of rotatable bonds is 6. The number of aryl methyl sites for hydroxylation is 2. The Morgan fingerprint density at radius 1 is 1.06 bits per heavy atom. The molecule has 1 aliphatic rings. The Morgan fingerprint density at radius 3 is 2.74 bits per heavy atom. The number of aromatic nitrogens is 5. The van der Waals surface area contributed by atoms with E-state index in [-0.39, 0.29) is 0 Å². The quantitative estimate of drug-likeness (QED) is 0.475. The number of anilines is 2. The van der Waals surface area contributed by atoms with Crippen molar-refractivity contribution < 1.29 is 0 Å². The van der Waals surface area contributed by atoms with E-state index in [2.05, 4.69) is 80.5 Å². The fourth-order valence-electron chi connectivity index (χ4n) is 4.40. The Bertz CT molecular complexity index is 1350. The molecule has 1 N–H and O–H groups in total. The Kier molecular flexibility index (Phi) is 5.91. The van der Waals surface area contributed by atoms with Gasteiger partial charge in [0.05, 0.1) is 22.6 Å². The maximum absolute atomic E-state index is 9.72. The Morgan fingerprint density at radius 2 is 1.94 bits per heavy atom. The molecule has 8 nitrogen and oxygen atoms in total. The van der Waals surface area contributed by atoms with Crippen LogP contribution in [0.25, 0.3) is 5.69 Å². The summed E-state index contributed by atoms with van der Waals surface area (Å²) in [5.41, 5.74) is 8.26. The van der Waals surface area contributed by atoms with Crippen molar-refractivity contribution in [3.63, 3.8) is 0 Å².